The molecule has 0 aliphatic heterocycles. The van der Waals surface area contributed by atoms with Gasteiger partial charge in [0.05, 0.1) is 45.5 Å². The molecule has 9 heteroatoms. The zero-order chi connectivity index (χ0) is 24.5. The number of amides is 1. The SMILES string of the molecule is COc1ccc2c(c1)c(CC(=O)NCCOCCOCCN)c(C)n2C(=O)c1ccc(Cl)cc1. The van der Waals surface area contributed by atoms with E-state index in [1.165, 1.54) is 0 Å². The number of halogens is 1. The molecule has 3 rings (SSSR count). The number of hydrogen-bond acceptors (Lipinski definition) is 6. The number of fused-ring (bicyclic) bond motifs is 1. The Morgan fingerprint density at radius 3 is 2.41 bits per heavy atom. The molecule has 1 amide bonds. The van der Waals surface area contributed by atoms with Crippen LogP contribution in [-0.4, -0.2) is 63.0 Å². The highest BCUT2D eigenvalue weighted by molar-refractivity contribution is 6.30. The summed E-state index contributed by atoms with van der Waals surface area (Å²) in [5.74, 6) is 0.295. The van der Waals surface area contributed by atoms with Crippen molar-refractivity contribution in [2.24, 2.45) is 5.73 Å². The van der Waals surface area contributed by atoms with Gasteiger partial charge in [-0.2, -0.15) is 0 Å². The molecule has 3 N–H and O–H groups in total. The van der Waals surface area contributed by atoms with Crippen LogP contribution in [0, 0.1) is 6.92 Å². The smallest absolute Gasteiger partial charge is 0.262 e. The minimum absolute atomic E-state index is 0.121. The molecule has 0 radical (unpaired) electrons. The normalized spacial score (nSPS) is 11.1. The quantitative estimate of drug-likeness (QED) is 0.380. The Morgan fingerprint density at radius 1 is 1.03 bits per heavy atom. The fraction of sp³-hybridized carbons (Fsp3) is 0.360. The number of ether oxygens (including phenoxy) is 3. The van der Waals surface area contributed by atoms with Gasteiger partial charge in [0.2, 0.25) is 5.91 Å². The van der Waals surface area contributed by atoms with Gasteiger partial charge in [0.1, 0.15) is 5.75 Å². The second-order valence-corrected chi connectivity index (χ2v) is 8.07. The molecule has 0 saturated carbocycles. The summed E-state index contributed by atoms with van der Waals surface area (Å²) in [6.07, 6.45) is 0.121. The van der Waals surface area contributed by atoms with Crippen molar-refractivity contribution in [3.8, 4) is 5.75 Å². The Hall–Kier alpha value is -2.91. The van der Waals surface area contributed by atoms with Crippen LogP contribution in [0.15, 0.2) is 42.5 Å². The van der Waals surface area contributed by atoms with Crippen LogP contribution in [0.2, 0.25) is 5.02 Å². The molecule has 8 nitrogen and oxygen atoms in total. The van der Waals surface area contributed by atoms with E-state index >= 15 is 0 Å². The van der Waals surface area contributed by atoms with E-state index in [0.717, 1.165) is 10.9 Å². The van der Waals surface area contributed by atoms with E-state index in [1.54, 1.807) is 42.0 Å². The zero-order valence-electron chi connectivity index (χ0n) is 19.4. The molecule has 0 aliphatic rings. The number of nitrogens with zero attached hydrogens (tertiary/aromatic N) is 1. The summed E-state index contributed by atoms with van der Waals surface area (Å²) in [4.78, 5) is 26.0. The number of methoxy groups -OCH3 is 1. The predicted octanol–water partition coefficient (Wildman–Crippen LogP) is 2.95. The van der Waals surface area contributed by atoms with Crippen LogP contribution in [0.4, 0.5) is 0 Å². The lowest BCUT2D eigenvalue weighted by Gasteiger charge is -2.09. The molecule has 1 heterocycles. The van der Waals surface area contributed by atoms with E-state index in [2.05, 4.69) is 5.32 Å². The number of nitrogens with two attached hydrogens (primary N) is 1. The summed E-state index contributed by atoms with van der Waals surface area (Å²) < 4.78 is 17.7. The Bertz CT molecular complexity index is 1130. The molecule has 34 heavy (non-hydrogen) atoms. The topological polar surface area (TPSA) is 105 Å². The first-order valence-electron chi connectivity index (χ1n) is 11.1. The molecular weight excluding hydrogens is 458 g/mol. The van der Waals surface area contributed by atoms with Gasteiger partial charge in [0.15, 0.2) is 0 Å². The first kappa shape index (κ1) is 25.7. The van der Waals surface area contributed by atoms with Crippen LogP contribution in [0.1, 0.15) is 21.6 Å². The highest BCUT2D eigenvalue weighted by Crippen LogP contribution is 2.30. The Kier molecular flexibility index (Phi) is 9.47. The predicted molar refractivity (Wildman–Crippen MR) is 132 cm³/mol. The average molecular weight is 488 g/mol. The van der Waals surface area contributed by atoms with Crippen molar-refractivity contribution >= 4 is 34.3 Å². The van der Waals surface area contributed by atoms with Gasteiger partial charge in [-0.25, -0.2) is 0 Å². The molecule has 0 fully saturated rings. The van der Waals surface area contributed by atoms with Crippen LogP contribution < -0.4 is 15.8 Å². The molecule has 182 valence electrons. The van der Waals surface area contributed by atoms with Crippen molar-refractivity contribution in [3.05, 3.63) is 64.3 Å². The second kappa shape index (κ2) is 12.5. The Balaban J connectivity index is 1.75. The number of benzene rings is 2. The monoisotopic (exact) mass is 487 g/mol. The van der Waals surface area contributed by atoms with E-state index in [0.29, 0.717) is 67.1 Å². The van der Waals surface area contributed by atoms with E-state index < -0.39 is 0 Å². The standard InChI is InChI=1S/C25H30ClN3O5/c1-17-21(16-24(30)28-10-12-34-14-13-33-11-9-27)22-15-20(32-2)7-8-23(22)29(17)25(31)18-3-5-19(26)6-4-18/h3-8,15H,9-14,16,27H2,1-2H3,(H,28,30). The van der Waals surface area contributed by atoms with Crippen molar-refractivity contribution in [2.45, 2.75) is 13.3 Å². The molecule has 2 aromatic carbocycles. The minimum Gasteiger partial charge on any atom is -0.497 e. The van der Waals surface area contributed by atoms with Gasteiger partial charge in [0, 0.05) is 34.8 Å². The van der Waals surface area contributed by atoms with Crippen LogP contribution in [0.25, 0.3) is 10.9 Å². The maximum atomic E-state index is 13.3. The summed E-state index contributed by atoms with van der Waals surface area (Å²) in [6, 6.07) is 12.2. The Morgan fingerprint density at radius 2 is 1.74 bits per heavy atom. The van der Waals surface area contributed by atoms with E-state index in [9.17, 15) is 9.59 Å². The summed E-state index contributed by atoms with van der Waals surface area (Å²) in [7, 11) is 1.58. The molecule has 1 aromatic heterocycles. The van der Waals surface area contributed by atoms with Crippen LogP contribution >= 0.6 is 11.6 Å². The molecule has 0 aliphatic carbocycles. The van der Waals surface area contributed by atoms with Crippen LogP contribution in [-0.2, 0) is 20.7 Å². The molecular formula is C25H30ClN3O5. The van der Waals surface area contributed by atoms with Crippen LogP contribution in [0.3, 0.4) is 0 Å². The number of carbonyl (C=O) groups is 2. The maximum Gasteiger partial charge on any atom is 0.262 e. The zero-order valence-corrected chi connectivity index (χ0v) is 20.2. The third kappa shape index (κ3) is 6.36. The second-order valence-electron chi connectivity index (χ2n) is 7.63. The van der Waals surface area contributed by atoms with Gasteiger partial charge in [-0.15, -0.1) is 0 Å². The van der Waals surface area contributed by atoms with Gasteiger partial charge >= 0.3 is 0 Å². The van der Waals surface area contributed by atoms with Gasteiger partial charge < -0.3 is 25.3 Å². The molecule has 3 aromatic rings. The largest absolute Gasteiger partial charge is 0.497 e. The first-order chi connectivity index (χ1) is 16.5. The summed E-state index contributed by atoms with van der Waals surface area (Å²) in [5, 5.41) is 4.21. The number of hydrogen-bond donors (Lipinski definition) is 2. The maximum absolute atomic E-state index is 13.3. The molecule has 0 spiro atoms. The van der Waals surface area contributed by atoms with Crippen molar-refractivity contribution < 1.29 is 23.8 Å². The molecule has 0 unspecified atom stereocenters. The van der Waals surface area contributed by atoms with Crippen molar-refractivity contribution in [3.63, 3.8) is 0 Å². The number of aromatic nitrogens is 1. The van der Waals surface area contributed by atoms with Gasteiger partial charge in [-0.05, 0) is 55.0 Å². The van der Waals surface area contributed by atoms with Crippen molar-refractivity contribution in [1.82, 2.24) is 9.88 Å². The fourth-order valence-electron chi connectivity index (χ4n) is 3.69. The number of carbonyl (C=O) groups excluding carboxylic acids is 2. The lowest BCUT2D eigenvalue weighted by atomic mass is 10.1. The molecule has 0 bridgehead atoms. The molecule has 0 saturated heterocycles. The summed E-state index contributed by atoms with van der Waals surface area (Å²) >= 11 is 5.98. The van der Waals surface area contributed by atoms with Crippen LogP contribution in [0.5, 0.6) is 5.75 Å². The highest BCUT2D eigenvalue weighted by Gasteiger charge is 2.22. The Labute approximate surface area is 203 Å². The van der Waals surface area contributed by atoms with Crippen molar-refractivity contribution in [1.29, 1.82) is 0 Å². The fourth-order valence-corrected chi connectivity index (χ4v) is 3.81. The number of rotatable bonds is 12. The first-order valence-corrected chi connectivity index (χ1v) is 11.4. The van der Waals surface area contributed by atoms with Gasteiger partial charge in [0.25, 0.3) is 5.91 Å². The lowest BCUT2D eigenvalue weighted by Crippen LogP contribution is -2.29. The highest BCUT2D eigenvalue weighted by atomic mass is 35.5. The summed E-state index contributed by atoms with van der Waals surface area (Å²) in [5.41, 5.74) is 8.04. The van der Waals surface area contributed by atoms with Gasteiger partial charge in [-0.1, -0.05) is 11.6 Å². The summed E-state index contributed by atoms with van der Waals surface area (Å²) in [6.45, 7) is 4.47. The lowest BCUT2D eigenvalue weighted by molar-refractivity contribution is -0.120. The van der Waals surface area contributed by atoms with E-state index in [-0.39, 0.29) is 18.2 Å². The van der Waals surface area contributed by atoms with E-state index in [1.807, 2.05) is 19.1 Å². The third-order valence-corrected chi connectivity index (χ3v) is 5.63. The average Bonchev–Trinajstić information content (AvgIpc) is 3.11. The third-order valence-electron chi connectivity index (χ3n) is 5.38. The minimum atomic E-state index is -0.193. The van der Waals surface area contributed by atoms with Crippen molar-refractivity contribution in [2.75, 3.05) is 46.6 Å². The van der Waals surface area contributed by atoms with Gasteiger partial charge in [-0.3, -0.25) is 14.2 Å². The molecule has 0 atom stereocenters. The number of nitrogens with one attached hydrogen (secondary N) is 1. The van der Waals surface area contributed by atoms with E-state index in [4.69, 9.17) is 31.5 Å².